The number of hydrogen-bond acceptors (Lipinski definition) is 6. The largest absolute Gasteiger partial charge is 0.356 e. The second-order valence-corrected chi connectivity index (χ2v) is 7.61. The summed E-state index contributed by atoms with van der Waals surface area (Å²) in [5.74, 6) is 2.67. The molecule has 28 heavy (non-hydrogen) atoms. The molecule has 0 saturated carbocycles. The van der Waals surface area contributed by atoms with Crippen molar-refractivity contribution in [2.45, 2.75) is 6.92 Å². The molecule has 5 heterocycles. The van der Waals surface area contributed by atoms with E-state index in [1.165, 1.54) is 0 Å². The van der Waals surface area contributed by atoms with E-state index in [2.05, 4.69) is 25.1 Å². The molecule has 2 atom stereocenters. The molecule has 9 heteroatoms. The van der Waals surface area contributed by atoms with E-state index in [0.29, 0.717) is 17.5 Å². The van der Waals surface area contributed by atoms with Crippen LogP contribution in [0.3, 0.4) is 0 Å². The van der Waals surface area contributed by atoms with Gasteiger partial charge in [-0.15, -0.1) is 0 Å². The zero-order chi connectivity index (χ0) is 19.3. The summed E-state index contributed by atoms with van der Waals surface area (Å²) in [7, 11) is 1.82. The number of hydrogen-bond donors (Lipinski definition) is 0. The van der Waals surface area contributed by atoms with Crippen molar-refractivity contribution < 1.29 is 4.79 Å². The van der Waals surface area contributed by atoms with Crippen molar-refractivity contribution in [3.63, 3.8) is 0 Å². The normalized spacial score (nSPS) is 21.4. The summed E-state index contributed by atoms with van der Waals surface area (Å²) in [6.45, 7) is 5.26. The minimum atomic E-state index is 0.0760. The Morgan fingerprint density at radius 1 is 1.07 bits per heavy atom. The molecule has 2 aliphatic heterocycles. The predicted molar refractivity (Wildman–Crippen MR) is 102 cm³/mol. The fourth-order valence-corrected chi connectivity index (χ4v) is 4.36. The van der Waals surface area contributed by atoms with Crippen molar-refractivity contribution in [1.29, 1.82) is 0 Å². The van der Waals surface area contributed by atoms with Crippen molar-refractivity contribution in [2.75, 3.05) is 31.1 Å². The lowest BCUT2D eigenvalue weighted by Gasteiger charge is -2.22. The predicted octanol–water partition coefficient (Wildman–Crippen LogP) is 0.913. The number of rotatable bonds is 3. The van der Waals surface area contributed by atoms with E-state index in [4.69, 9.17) is 0 Å². The Hall–Kier alpha value is -3.23. The number of carbonyl (C=O) groups excluding carboxylic acids is 1. The molecule has 0 aliphatic carbocycles. The van der Waals surface area contributed by atoms with Gasteiger partial charge in [-0.2, -0.15) is 10.2 Å². The molecule has 0 aromatic carbocycles. The second-order valence-electron chi connectivity index (χ2n) is 7.61. The highest BCUT2D eigenvalue weighted by atomic mass is 16.2. The number of aromatic nitrogens is 6. The van der Waals surface area contributed by atoms with Gasteiger partial charge >= 0.3 is 0 Å². The van der Waals surface area contributed by atoms with E-state index < -0.39 is 0 Å². The Bertz CT molecular complexity index is 997. The molecule has 0 bridgehead atoms. The maximum absolute atomic E-state index is 12.9. The Labute approximate surface area is 162 Å². The second kappa shape index (κ2) is 6.43. The van der Waals surface area contributed by atoms with Crippen LogP contribution < -0.4 is 4.90 Å². The zero-order valence-corrected chi connectivity index (χ0v) is 15.9. The number of anilines is 1. The molecular formula is C19H22N8O. The van der Waals surface area contributed by atoms with Crippen LogP contribution in [0.1, 0.15) is 16.2 Å². The molecule has 2 aliphatic rings. The van der Waals surface area contributed by atoms with Crippen LogP contribution in [0.4, 0.5) is 5.82 Å². The summed E-state index contributed by atoms with van der Waals surface area (Å²) < 4.78 is 3.41. The summed E-state index contributed by atoms with van der Waals surface area (Å²) in [4.78, 5) is 25.9. The first-order valence-corrected chi connectivity index (χ1v) is 9.45. The highest BCUT2D eigenvalue weighted by molar-refractivity contribution is 5.93. The maximum Gasteiger partial charge on any atom is 0.272 e. The molecule has 2 saturated heterocycles. The average Bonchev–Trinajstić information content (AvgIpc) is 3.45. The molecular weight excluding hydrogens is 356 g/mol. The number of aryl methyl sites for hydroxylation is 2. The highest BCUT2D eigenvalue weighted by Gasteiger charge is 2.42. The Morgan fingerprint density at radius 3 is 2.46 bits per heavy atom. The monoisotopic (exact) mass is 378 g/mol. The van der Waals surface area contributed by atoms with Crippen LogP contribution in [0.2, 0.25) is 0 Å². The van der Waals surface area contributed by atoms with Gasteiger partial charge in [-0.3, -0.25) is 9.48 Å². The minimum Gasteiger partial charge on any atom is -0.356 e. The standard InChI is InChI=1S/C19H22N8O/c1-13-6-16(24(2)23-13)19(28)26-10-14-8-25(9-15(14)11-26)17-7-18(21-12-20-17)27-5-3-4-22-27/h3-7,12,14-15H,8-11H2,1-2H3. The Balaban J connectivity index is 1.28. The van der Waals surface area contributed by atoms with Gasteiger partial charge < -0.3 is 9.80 Å². The van der Waals surface area contributed by atoms with Gasteiger partial charge in [0.15, 0.2) is 5.82 Å². The minimum absolute atomic E-state index is 0.0760. The van der Waals surface area contributed by atoms with Crippen LogP contribution in [0.5, 0.6) is 0 Å². The summed E-state index contributed by atoms with van der Waals surface area (Å²) in [5, 5.41) is 8.53. The van der Waals surface area contributed by atoms with Crippen molar-refractivity contribution in [3.05, 3.63) is 48.3 Å². The SMILES string of the molecule is Cc1cc(C(=O)N2CC3CN(c4cc(-n5cccn5)ncn4)CC3C2)n(C)n1. The van der Waals surface area contributed by atoms with E-state index in [-0.39, 0.29) is 5.91 Å². The summed E-state index contributed by atoms with van der Waals surface area (Å²) in [5.41, 5.74) is 1.53. The number of carbonyl (C=O) groups is 1. The van der Waals surface area contributed by atoms with Crippen LogP contribution in [-0.4, -0.2) is 66.5 Å². The number of likely N-dealkylation sites (tertiary alicyclic amines) is 1. The number of nitrogens with zero attached hydrogens (tertiary/aromatic N) is 8. The first kappa shape index (κ1) is 16.9. The number of amides is 1. The third-order valence-corrected chi connectivity index (χ3v) is 5.70. The topological polar surface area (TPSA) is 85.0 Å². The van der Waals surface area contributed by atoms with Gasteiger partial charge in [0, 0.05) is 63.5 Å². The van der Waals surface area contributed by atoms with Crippen LogP contribution in [0, 0.1) is 18.8 Å². The Morgan fingerprint density at radius 2 is 1.82 bits per heavy atom. The van der Waals surface area contributed by atoms with Gasteiger partial charge in [-0.1, -0.05) is 0 Å². The highest BCUT2D eigenvalue weighted by Crippen LogP contribution is 2.34. The molecule has 9 nitrogen and oxygen atoms in total. The fourth-order valence-electron chi connectivity index (χ4n) is 4.36. The van der Waals surface area contributed by atoms with Gasteiger partial charge in [0.2, 0.25) is 0 Å². The first-order chi connectivity index (χ1) is 13.6. The smallest absolute Gasteiger partial charge is 0.272 e. The van der Waals surface area contributed by atoms with E-state index in [1.54, 1.807) is 21.9 Å². The van der Waals surface area contributed by atoms with E-state index >= 15 is 0 Å². The molecule has 3 aromatic heterocycles. The van der Waals surface area contributed by atoms with Crippen LogP contribution in [0.25, 0.3) is 5.82 Å². The fraction of sp³-hybridized carbons (Fsp3) is 0.421. The quantitative estimate of drug-likeness (QED) is 0.674. The summed E-state index contributed by atoms with van der Waals surface area (Å²) >= 11 is 0. The van der Waals surface area contributed by atoms with Crippen molar-refractivity contribution in [1.82, 2.24) is 34.4 Å². The molecule has 0 radical (unpaired) electrons. The summed E-state index contributed by atoms with van der Waals surface area (Å²) in [6.07, 6.45) is 5.19. The van der Waals surface area contributed by atoms with E-state index in [1.807, 2.05) is 43.3 Å². The van der Waals surface area contributed by atoms with Crippen molar-refractivity contribution in [3.8, 4) is 5.82 Å². The van der Waals surface area contributed by atoms with Gasteiger partial charge in [0.05, 0.1) is 5.69 Å². The third kappa shape index (κ3) is 2.83. The van der Waals surface area contributed by atoms with Gasteiger partial charge in [-0.05, 0) is 19.1 Å². The Kier molecular flexibility index (Phi) is 3.88. The molecule has 144 valence electrons. The van der Waals surface area contributed by atoms with Crippen molar-refractivity contribution >= 4 is 11.7 Å². The average molecular weight is 378 g/mol. The molecule has 2 unspecified atom stereocenters. The molecule has 0 spiro atoms. The summed E-state index contributed by atoms with van der Waals surface area (Å²) in [6, 6.07) is 5.70. The van der Waals surface area contributed by atoms with Gasteiger partial charge in [-0.25, -0.2) is 14.6 Å². The lowest BCUT2D eigenvalue weighted by atomic mass is 10.0. The molecule has 0 N–H and O–H groups in total. The van der Waals surface area contributed by atoms with Gasteiger partial charge in [0.25, 0.3) is 5.91 Å². The lowest BCUT2D eigenvalue weighted by molar-refractivity contribution is 0.0771. The van der Waals surface area contributed by atoms with Crippen LogP contribution in [-0.2, 0) is 7.05 Å². The lowest BCUT2D eigenvalue weighted by Crippen LogP contribution is -2.34. The molecule has 1 amide bonds. The van der Waals surface area contributed by atoms with Crippen LogP contribution >= 0.6 is 0 Å². The molecule has 3 aromatic rings. The molecule has 5 rings (SSSR count). The first-order valence-electron chi connectivity index (χ1n) is 9.45. The van der Waals surface area contributed by atoms with Gasteiger partial charge in [0.1, 0.15) is 17.8 Å². The zero-order valence-electron chi connectivity index (χ0n) is 15.9. The van der Waals surface area contributed by atoms with E-state index in [0.717, 1.165) is 43.5 Å². The van der Waals surface area contributed by atoms with E-state index in [9.17, 15) is 4.79 Å². The number of fused-ring (bicyclic) bond motifs is 1. The van der Waals surface area contributed by atoms with Crippen molar-refractivity contribution in [2.24, 2.45) is 18.9 Å². The molecule has 2 fully saturated rings. The van der Waals surface area contributed by atoms with Crippen LogP contribution in [0.15, 0.2) is 36.9 Å². The maximum atomic E-state index is 12.9. The third-order valence-electron chi connectivity index (χ3n) is 5.70.